The van der Waals surface area contributed by atoms with Crippen LogP contribution in [0.1, 0.15) is 19.4 Å². The second kappa shape index (κ2) is 6.56. The van der Waals surface area contributed by atoms with Crippen molar-refractivity contribution in [1.29, 1.82) is 0 Å². The summed E-state index contributed by atoms with van der Waals surface area (Å²) in [7, 11) is 1.50. The minimum absolute atomic E-state index is 0.175. The van der Waals surface area contributed by atoms with Crippen molar-refractivity contribution in [3.8, 4) is 11.5 Å². The van der Waals surface area contributed by atoms with E-state index in [-0.39, 0.29) is 5.57 Å². The summed E-state index contributed by atoms with van der Waals surface area (Å²) in [6, 6.07) is 5.01. The molecule has 0 saturated carbocycles. The van der Waals surface area contributed by atoms with Crippen molar-refractivity contribution in [2.45, 2.75) is 19.6 Å². The van der Waals surface area contributed by atoms with Crippen molar-refractivity contribution in [2.24, 2.45) is 0 Å². The van der Waals surface area contributed by atoms with Gasteiger partial charge in [0.2, 0.25) is 0 Å². The van der Waals surface area contributed by atoms with Crippen LogP contribution in [0.4, 0.5) is 0 Å². The van der Waals surface area contributed by atoms with Crippen LogP contribution >= 0.6 is 0 Å². The number of esters is 2. The van der Waals surface area contributed by atoms with Crippen LogP contribution in [0.2, 0.25) is 0 Å². The first-order valence-corrected chi connectivity index (χ1v) is 6.96. The molecule has 1 aliphatic rings. The maximum absolute atomic E-state index is 11.9. The molecule has 0 N–H and O–H groups in total. The van der Waals surface area contributed by atoms with Crippen molar-refractivity contribution in [1.82, 2.24) is 0 Å². The molecule has 23 heavy (non-hydrogen) atoms. The summed E-state index contributed by atoms with van der Waals surface area (Å²) in [5, 5.41) is 0. The molecule has 0 atom stereocenters. The van der Waals surface area contributed by atoms with Gasteiger partial charge in [-0.2, -0.15) is 0 Å². The van der Waals surface area contributed by atoms with Gasteiger partial charge in [0.25, 0.3) is 5.79 Å². The van der Waals surface area contributed by atoms with E-state index in [0.29, 0.717) is 23.7 Å². The molecule has 0 unspecified atom stereocenters. The van der Waals surface area contributed by atoms with Crippen LogP contribution in [0.5, 0.6) is 11.5 Å². The Balaban J connectivity index is 2.30. The van der Waals surface area contributed by atoms with Crippen molar-refractivity contribution in [3.63, 3.8) is 0 Å². The molecule has 0 aromatic heterocycles. The second-order valence-electron chi connectivity index (χ2n) is 5.25. The maximum Gasteiger partial charge on any atom is 0.348 e. The van der Waals surface area contributed by atoms with Crippen LogP contribution in [0, 0.1) is 0 Å². The summed E-state index contributed by atoms with van der Waals surface area (Å²) in [5.74, 6) is -1.70. The lowest BCUT2D eigenvalue weighted by Gasteiger charge is -2.29. The summed E-state index contributed by atoms with van der Waals surface area (Å²) >= 11 is 0. The van der Waals surface area contributed by atoms with Gasteiger partial charge >= 0.3 is 11.9 Å². The van der Waals surface area contributed by atoms with E-state index >= 15 is 0 Å². The lowest BCUT2D eigenvalue weighted by Crippen LogP contribution is -2.41. The Morgan fingerprint density at radius 2 is 1.83 bits per heavy atom. The maximum atomic E-state index is 11.9. The smallest absolute Gasteiger partial charge is 0.348 e. The fourth-order valence-electron chi connectivity index (χ4n) is 1.99. The van der Waals surface area contributed by atoms with Gasteiger partial charge in [0, 0.05) is 13.8 Å². The molecule has 1 fully saturated rings. The van der Waals surface area contributed by atoms with Crippen LogP contribution in [-0.2, 0) is 19.1 Å². The zero-order chi connectivity index (χ0) is 17.0. The molecule has 1 aromatic carbocycles. The quantitative estimate of drug-likeness (QED) is 0.359. The summed E-state index contributed by atoms with van der Waals surface area (Å²) in [6.07, 6.45) is 3.00. The van der Waals surface area contributed by atoms with Crippen LogP contribution < -0.4 is 9.47 Å². The summed E-state index contributed by atoms with van der Waals surface area (Å²) < 4.78 is 20.8. The van der Waals surface area contributed by atoms with Gasteiger partial charge in [0.15, 0.2) is 11.5 Å². The minimum atomic E-state index is -1.26. The third-order valence-electron chi connectivity index (χ3n) is 2.97. The van der Waals surface area contributed by atoms with E-state index in [2.05, 4.69) is 6.58 Å². The zero-order valence-electron chi connectivity index (χ0n) is 13.3. The Labute approximate surface area is 134 Å². The highest BCUT2D eigenvalue weighted by molar-refractivity contribution is 6.18. The second-order valence-corrected chi connectivity index (χ2v) is 5.25. The predicted molar refractivity (Wildman–Crippen MR) is 82.9 cm³/mol. The molecule has 6 heteroatoms. The molecule has 122 valence electrons. The fraction of sp³-hybridized carbons (Fsp3) is 0.294. The summed E-state index contributed by atoms with van der Waals surface area (Å²) in [5.41, 5.74) is 0.405. The summed E-state index contributed by atoms with van der Waals surface area (Å²) in [6.45, 7) is 6.90. The van der Waals surface area contributed by atoms with Crippen molar-refractivity contribution in [3.05, 3.63) is 42.0 Å². The molecular formula is C17H18O6. The number of ether oxygens (including phenoxy) is 4. The number of hydrogen-bond acceptors (Lipinski definition) is 6. The molecule has 1 heterocycles. The van der Waals surface area contributed by atoms with E-state index in [1.165, 1.54) is 27.0 Å². The Kier molecular flexibility index (Phi) is 4.74. The number of benzene rings is 1. The highest BCUT2D eigenvalue weighted by Crippen LogP contribution is 2.30. The number of carbonyl (C=O) groups is 2. The number of hydrogen-bond donors (Lipinski definition) is 0. The third-order valence-corrected chi connectivity index (χ3v) is 2.97. The number of carbonyl (C=O) groups excluding carboxylic acids is 2. The first kappa shape index (κ1) is 16.6. The predicted octanol–water partition coefficient (Wildman–Crippen LogP) is 2.48. The Morgan fingerprint density at radius 1 is 1.17 bits per heavy atom. The van der Waals surface area contributed by atoms with E-state index in [4.69, 9.17) is 18.9 Å². The molecule has 0 aliphatic carbocycles. The molecule has 1 saturated heterocycles. The molecule has 0 bridgehead atoms. The lowest BCUT2D eigenvalue weighted by atomic mass is 10.1. The lowest BCUT2D eigenvalue weighted by molar-refractivity contribution is -0.222. The summed E-state index contributed by atoms with van der Waals surface area (Å²) in [4.78, 5) is 23.9. The van der Waals surface area contributed by atoms with Gasteiger partial charge in [-0.3, -0.25) is 0 Å². The van der Waals surface area contributed by atoms with Crippen LogP contribution in [0.3, 0.4) is 0 Å². The van der Waals surface area contributed by atoms with Gasteiger partial charge in [-0.1, -0.05) is 18.7 Å². The van der Waals surface area contributed by atoms with E-state index in [0.717, 1.165) is 0 Å². The average Bonchev–Trinajstić information content (AvgIpc) is 2.48. The SMILES string of the molecule is C=CCOc1ccc(C=C2C(=O)OC(C)(C)OC2=O)cc1OC. The van der Waals surface area contributed by atoms with Gasteiger partial charge in [-0.25, -0.2) is 9.59 Å². The molecule has 1 aromatic rings. The molecule has 1 aliphatic heterocycles. The topological polar surface area (TPSA) is 71.1 Å². The first-order chi connectivity index (χ1) is 10.9. The van der Waals surface area contributed by atoms with Crippen molar-refractivity contribution < 1.29 is 28.5 Å². The molecule has 0 amide bonds. The molecular weight excluding hydrogens is 300 g/mol. The molecule has 0 spiro atoms. The monoisotopic (exact) mass is 318 g/mol. The minimum Gasteiger partial charge on any atom is -0.493 e. The van der Waals surface area contributed by atoms with Gasteiger partial charge in [-0.15, -0.1) is 0 Å². The van der Waals surface area contributed by atoms with Crippen LogP contribution in [-0.4, -0.2) is 31.4 Å². The van der Waals surface area contributed by atoms with Gasteiger partial charge in [0.1, 0.15) is 12.2 Å². The van der Waals surface area contributed by atoms with Gasteiger partial charge in [-0.05, 0) is 23.8 Å². The molecule has 6 nitrogen and oxygen atoms in total. The van der Waals surface area contributed by atoms with Crippen LogP contribution in [0.15, 0.2) is 36.4 Å². The number of cyclic esters (lactones) is 2. The standard InChI is InChI=1S/C17H18O6/c1-5-8-21-13-7-6-11(10-14(13)20-4)9-12-15(18)22-17(2,3)23-16(12)19/h5-7,9-10H,1,8H2,2-4H3. The third kappa shape index (κ3) is 3.91. The van der Waals surface area contributed by atoms with E-state index in [1.807, 2.05) is 0 Å². The Hall–Kier alpha value is -2.76. The first-order valence-electron chi connectivity index (χ1n) is 6.96. The zero-order valence-corrected chi connectivity index (χ0v) is 13.3. The van der Waals surface area contributed by atoms with E-state index in [9.17, 15) is 9.59 Å². The van der Waals surface area contributed by atoms with Gasteiger partial charge < -0.3 is 18.9 Å². The van der Waals surface area contributed by atoms with Crippen molar-refractivity contribution >= 4 is 18.0 Å². The highest BCUT2D eigenvalue weighted by atomic mass is 16.7. The fourth-order valence-corrected chi connectivity index (χ4v) is 1.99. The Bertz CT molecular complexity index is 650. The number of rotatable bonds is 5. The molecule has 0 radical (unpaired) electrons. The normalized spacial score (nSPS) is 16.2. The Morgan fingerprint density at radius 3 is 2.39 bits per heavy atom. The van der Waals surface area contributed by atoms with E-state index in [1.54, 1.807) is 24.3 Å². The number of methoxy groups -OCH3 is 1. The van der Waals surface area contributed by atoms with Crippen molar-refractivity contribution in [2.75, 3.05) is 13.7 Å². The highest BCUT2D eigenvalue weighted by Gasteiger charge is 2.38. The average molecular weight is 318 g/mol. The van der Waals surface area contributed by atoms with Crippen LogP contribution in [0.25, 0.3) is 6.08 Å². The molecule has 2 rings (SSSR count). The largest absolute Gasteiger partial charge is 0.493 e. The van der Waals surface area contributed by atoms with E-state index < -0.39 is 17.7 Å². The van der Waals surface area contributed by atoms with Gasteiger partial charge in [0.05, 0.1) is 7.11 Å².